The average Bonchev–Trinajstić information content (AvgIpc) is 3.18. The van der Waals surface area contributed by atoms with E-state index < -0.39 is 6.10 Å². The molecule has 0 bridgehead atoms. The number of nitrogens with zero attached hydrogens (tertiary/aromatic N) is 2. The van der Waals surface area contributed by atoms with Gasteiger partial charge < -0.3 is 5.11 Å². The first-order chi connectivity index (χ1) is 13.3. The fraction of sp³-hybridized carbons (Fsp3) is 0.375. The summed E-state index contributed by atoms with van der Waals surface area (Å²) in [5, 5.41) is 16.0. The molecule has 3 heteroatoms. The molecule has 1 fully saturated rings. The molecule has 0 radical (unpaired) electrons. The van der Waals surface area contributed by atoms with Crippen molar-refractivity contribution in [1.29, 1.82) is 0 Å². The van der Waals surface area contributed by atoms with Gasteiger partial charge in [0.25, 0.3) is 0 Å². The molecular weight excluding hydrogens is 332 g/mol. The molecule has 1 atom stereocenters. The van der Waals surface area contributed by atoms with Gasteiger partial charge in [-0.05, 0) is 49.3 Å². The molecular formula is C24H28N2O. The molecule has 1 heterocycles. The predicted molar refractivity (Wildman–Crippen MR) is 109 cm³/mol. The Morgan fingerprint density at radius 2 is 1.56 bits per heavy atom. The van der Waals surface area contributed by atoms with E-state index in [0.29, 0.717) is 5.92 Å². The van der Waals surface area contributed by atoms with E-state index in [1.54, 1.807) is 0 Å². The maximum absolute atomic E-state index is 11.1. The second-order valence-electron chi connectivity index (χ2n) is 7.64. The van der Waals surface area contributed by atoms with Gasteiger partial charge in [0.2, 0.25) is 0 Å². The average molecular weight is 361 g/mol. The molecule has 0 amide bonds. The van der Waals surface area contributed by atoms with Crippen molar-refractivity contribution in [2.75, 3.05) is 0 Å². The van der Waals surface area contributed by atoms with E-state index in [-0.39, 0.29) is 0 Å². The van der Waals surface area contributed by atoms with Crippen LogP contribution in [-0.4, -0.2) is 14.9 Å². The van der Waals surface area contributed by atoms with Crippen LogP contribution in [0.1, 0.15) is 55.0 Å². The van der Waals surface area contributed by atoms with E-state index in [4.69, 9.17) is 5.10 Å². The van der Waals surface area contributed by atoms with Gasteiger partial charge in [-0.3, -0.25) is 0 Å². The van der Waals surface area contributed by atoms with Crippen LogP contribution >= 0.6 is 0 Å². The van der Waals surface area contributed by atoms with Gasteiger partial charge in [-0.2, -0.15) is 5.10 Å². The second-order valence-corrected chi connectivity index (χ2v) is 7.64. The number of aliphatic hydroxyl groups is 1. The molecule has 3 aromatic rings. The molecule has 1 aliphatic rings. The van der Waals surface area contributed by atoms with Crippen LogP contribution in [-0.2, 0) is 12.8 Å². The summed E-state index contributed by atoms with van der Waals surface area (Å²) in [5.74, 6) is 0.364. The molecule has 27 heavy (non-hydrogen) atoms. The highest BCUT2D eigenvalue weighted by atomic mass is 16.3. The van der Waals surface area contributed by atoms with Crippen molar-refractivity contribution in [3.63, 3.8) is 0 Å². The van der Waals surface area contributed by atoms with Gasteiger partial charge in [0.05, 0.1) is 17.5 Å². The molecule has 1 N–H and O–H groups in total. The monoisotopic (exact) mass is 360 g/mol. The normalized spacial score (nSPS) is 16.3. The zero-order chi connectivity index (χ0) is 18.5. The summed E-state index contributed by atoms with van der Waals surface area (Å²) in [6.07, 6.45) is 9.43. The smallest absolute Gasteiger partial charge is 0.0851 e. The summed E-state index contributed by atoms with van der Waals surface area (Å²) in [5.41, 5.74) is 4.40. The Hall–Kier alpha value is -2.39. The Balaban J connectivity index is 1.61. The van der Waals surface area contributed by atoms with Gasteiger partial charge >= 0.3 is 0 Å². The SMILES string of the molecule is OC(c1cn(-c2ccccc2)nc1CCc1ccccc1)C1CCCCC1. The zero-order valence-corrected chi connectivity index (χ0v) is 15.8. The first kappa shape index (κ1) is 18.0. The van der Waals surface area contributed by atoms with Crippen molar-refractivity contribution in [2.24, 2.45) is 5.92 Å². The first-order valence-corrected chi connectivity index (χ1v) is 10.2. The van der Waals surface area contributed by atoms with Crippen molar-refractivity contribution in [1.82, 2.24) is 9.78 Å². The lowest BCUT2D eigenvalue weighted by atomic mass is 9.82. The van der Waals surface area contributed by atoms with Crippen LogP contribution in [0, 0.1) is 5.92 Å². The van der Waals surface area contributed by atoms with Crippen LogP contribution in [0.5, 0.6) is 0 Å². The summed E-state index contributed by atoms with van der Waals surface area (Å²) in [6.45, 7) is 0. The highest BCUT2D eigenvalue weighted by molar-refractivity contribution is 5.34. The lowest BCUT2D eigenvalue weighted by Crippen LogP contribution is -2.16. The Kier molecular flexibility index (Phi) is 5.69. The number of para-hydroxylation sites is 1. The van der Waals surface area contributed by atoms with Crippen LogP contribution in [0.2, 0.25) is 0 Å². The third-order valence-corrected chi connectivity index (χ3v) is 5.75. The van der Waals surface area contributed by atoms with E-state index in [1.165, 1.54) is 24.8 Å². The Morgan fingerprint density at radius 3 is 2.26 bits per heavy atom. The van der Waals surface area contributed by atoms with Gasteiger partial charge in [-0.1, -0.05) is 67.8 Å². The lowest BCUT2D eigenvalue weighted by Gasteiger charge is -2.26. The largest absolute Gasteiger partial charge is 0.388 e. The quantitative estimate of drug-likeness (QED) is 0.650. The molecule has 3 nitrogen and oxygen atoms in total. The van der Waals surface area contributed by atoms with E-state index in [9.17, 15) is 5.11 Å². The third kappa shape index (κ3) is 4.30. The van der Waals surface area contributed by atoms with E-state index in [2.05, 4.69) is 42.6 Å². The molecule has 140 valence electrons. The highest BCUT2D eigenvalue weighted by Gasteiger charge is 2.27. The molecule has 4 rings (SSSR count). The Morgan fingerprint density at radius 1 is 0.889 bits per heavy atom. The van der Waals surface area contributed by atoms with Crippen LogP contribution in [0.3, 0.4) is 0 Å². The Bertz CT molecular complexity index is 835. The molecule has 1 aromatic heterocycles. The standard InChI is InChI=1S/C24H28N2O/c27-24(20-12-6-2-7-13-20)22-18-26(21-14-8-3-9-15-21)25-23(22)17-16-19-10-4-1-5-11-19/h1,3-5,8-11,14-15,18,20,24,27H,2,6-7,12-13,16-17H2. The third-order valence-electron chi connectivity index (χ3n) is 5.75. The minimum Gasteiger partial charge on any atom is -0.388 e. The number of aryl methyl sites for hydroxylation is 2. The maximum atomic E-state index is 11.1. The number of rotatable bonds is 6. The van der Waals surface area contributed by atoms with Gasteiger partial charge in [0.1, 0.15) is 0 Å². The van der Waals surface area contributed by atoms with Crippen molar-refractivity contribution in [3.8, 4) is 5.69 Å². The second kappa shape index (κ2) is 8.53. The van der Waals surface area contributed by atoms with Gasteiger partial charge in [0, 0.05) is 11.8 Å². The fourth-order valence-corrected chi connectivity index (χ4v) is 4.19. The summed E-state index contributed by atoms with van der Waals surface area (Å²) in [4.78, 5) is 0. The van der Waals surface area contributed by atoms with Crippen molar-refractivity contribution in [2.45, 2.75) is 51.0 Å². The number of aliphatic hydroxyl groups excluding tert-OH is 1. The minimum atomic E-state index is -0.409. The van der Waals surface area contributed by atoms with Gasteiger partial charge in [0.15, 0.2) is 0 Å². The number of hydrogen-bond donors (Lipinski definition) is 1. The van der Waals surface area contributed by atoms with Crippen molar-refractivity contribution in [3.05, 3.63) is 83.7 Å². The van der Waals surface area contributed by atoms with E-state index in [0.717, 1.165) is 42.6 Å². The number of benzene rings is 2. The summed E-state index contributed by atoms with van der Waals surface area (Å²) in [6, 6.07) is 20.7. The fourth-order valence-electron chi connectivity index (χ4n) is 4.19. The first-order valence-electron chi connectivity index (χ1n) is 10.2. The Labute approximate surface area is 161 Å². The number of hydrogen-bond acceptors (Lipinski definition) is 2. The van der Waals surface area contributed by atoms with Crippen molar-refractivity contribution < 1.29 is 5.11 Å². The molecule has 2 aromatic carbocycles. The summed E-state index contributed by atoms with van der Waals surface area (Å²) >= 11 is 0. The lowest BCUT2D eigenvalue weighted by molar-refractivity contribution is 0.0840. The molecule has 1 aliphatic carbocycles. The topological polar surface area (TPSA) is 38.0 Å². The van der Waals surface area contributed by atoms with Crippen LogP contribution < -0.4 is 0 Å². The molecule has 0 saturated heterocycles. The van der Waals surface area contributed by atoms with Crippen LogP contribution in [0.15, 0.2) is 66.9 Å². The summed E-state index contributed by atoms with van der Waals surface area (Å²) in [7, 11) is 0. The van der Waals surface area contributed by atoms with Crippen LogP contribution in [0.4, 0.5) is 0 Å². The number of aromatic nitrogens is 2. The van der Waals surface area contributed by atoms with E-state index >= 15 is 0 Å². The maximum Gasteiger partial charge on any atom is 0.0851 e. The summed E-state index contributed by atoms with van der Waals surface area (Å²) < 4.78 is 1.93. The predicted octanol–water partition coefficient (Wildman–Crippen LogP) is 5.27. The van der Waals surface area contributed by atoms with Gasteiger partial charge in [-0.25, -0.2) is 4.68 Å². The van der Waals surface area contributed by atoms with Crippen LogP contribution in [0.25, 0.3) is 5.69 Å². The highest BCUT2D eigenvalue weighted by Crippen LogP contribution is 2.36. The molecule has 1 saturated carbocycles. The minimum absolute atomic E-state index is 0.364. The van der Waals surface area contributed by atoms with Crippen molar-refractivity contribution >= 4 is 0 Å². The van der Waals surface area contributed by atoms with Gasteiger partial charge in [-0.15, -0.1) is 0 Å². The zero-order valence-electron chi connectivity index (χ0n) is 15.8. The molecule has 0 aliphatic heterocycles. The van der Waals surface area contributed by atoms with E-state index in [1.807, 2.05) is 28.9 Å². The molecule has 1 unspecified atom stereocenters. The molecule has 0 spiro atoms.